The van der Waals surface area contributed by atoms with Crippen molar-refractivity contribution < 1.29 is 19.4 Å². The van der Waals surface area contributed by atoms with Crippen LogP contribution < -0.4 is 10.6 Å². The van der Waals surface area contributed by atoms with Gasteiger partial charge in [0.2, 0.25) is 5.91 Å². The normalized spacial score (nSPS) is 16.0. The minimum Gasteiger partial charge on any atom is -0.460 e. The third-order valence-corrected chi connectivity index (χ3v) is 6.78. The first-order chi connectivity index (χ1) is 18.5. The minimum atomic E-state index is -1.32. The molecule has 1 aliphatic rings. The van der Waals surface area contributed by atoms with Crippen LogP contribution in [0.3, 0.4) is 0 Å². The topological polar surface area (TPSA) is 118 Å². The van der Waals surface area contributed by atoms with Crippen LogP contribution in [0.5, 0.6) is 0 Å². The van der Waals surface area contributed by atoms with E-state index in [4.69, 9.17) is 4.74 Å². The average Bonchev–Trinajstić information content (AvgIpc) is 3.26. The number of aryl methyl sites for hydroxylation is 1. The van der Waals surface area contributed by atoms with Crippen LogP contribution in [0.4, 0.5) is 5.82 Å². The molecule has 2 unspecified atom stereocenters. The lowest BCUT2D eigenvalue weighted by Crippen LogP contribution is -2.46. The summed E-state index contributed by atoms with van der Waals surface area (Å²) in [5.74, 6) is -0.150. The number of carbonyl (C=O) groups excluding carboxylic acids is 2. The maximum atomic E-state index is 13.3. The van der Waals surface area contributed by atoms with E-state index >= 15 is 0 Å². The zero-order valence-electron chi connectivity index (χ0n) is 21.7. The molecule has 1 amide bonds. The maximum absolute atomic E-state index is 13.3. The van der Waals surface area contributed by atoms with Crippen LogP contribution in [-0.4, -0.2) is 46.0 Å². The van der Waals surface area contributed by atoms with Crippen molar-refractivity contribution in [3.05, 3.63) is 83.8 Å². The second-order valence-corrected chi connectivity index (χ2v) is 9.67. The van der Waals surface area contributed by atoms with E-state index in [1.165, 1.54) is 0 Å². The van der Waals surface area contributed by atoms with Gasteiger partial charge in [0.25, 0.3) is 0 Å². The van der Waals surface area contributed by atoms with Gasteiger partial charge in [-0.2, -0.15) is 0 Å². The molecule has 2 heterocycles. The number of benzene rings is 2. The fraction of sp³-hybridized carbons (Fsp3) is 0.379. The number of ether oxygens (including phenoxy) is 1. The number of nitrogens with zero attached hydrogens (tertiary/aromatic N) is 3. The lowest BCUT2D eigenvalue weighted by molar-refractivity contribution is -0.162. The van der Waals surface area contributed by atoms with Gasteiger partial charge in [-0.15, -0.1) is 0 Å². The lowest BCUT2D eigenvalue weighted by atomic mass is 9.83. The summed E-state index contributed by atoms with van der Waals surface area (Å²) in [6, 6.07) is 19.3. The van der Waals surface area contributed by atoms with E-state index in [1.807, 2.05) is 65.2 Å². The smallest absolute Gasteiger partial charge is 0.321 e. The third-order valence-electron chi connectivity index (χ3n) is 6.78. The van der Waals surface area contributed by atoms with E-state index in [2.05, 4.69) is 20.6 Å². The van der Waals surface area contributed by atoms with Crippen LogP contribution in [0.15, 0.2) is 72.0 Å². The van der Waals surface area contributed by atoms with Crippen molar-refractivity contribution in [3.63, 3.8) is 0 Å². The van der Waals surface area contributed by atoms with Crippen LogP contribution in [0.2, 0.25) is 0 Å². The number of rotatable bonds is 12. The number of aliphatic hydroxyl groups excluding tert-OH is 1. The number of imidazole rings is 1. The Labute approximate surface area is 223 Å². The van der Waals surface area contributed by atoms with Crippen molar-refractivity contribution in [2.45, 2.75) is 51.9 Å². The maximum Gasteiger partial charge on any atom is 0.321 e. The molecule has 0 radical (unpaired) electrons. The summed E-state index contributed by atoms with van der Waals surface area (Å²) in [6.45, 7) is 3.08. The Morgan fingerprint density at radius 1 is 1.11 bits per heavy atom. The SMILES string of the molecule is CC(CCCCn1cnc2c1NC=NCC2O)(C(=O)NCCc1ccccc1)C(=O)OCc1ccccc1. The molecule has 2 aromatic carbocycles. The molecule has 4 rings (SSSR count). The van der Waals surface area contributed by atoms with Gasteiger partial charge >= 0.3 is 5.97 Å². The second-order valence-electron chi connectivity index (χ2n) is 9.67. The summed E-state index contributed by atoms with van der Waals surface area (Å²) >= 11 is 0. The van der Waals surface area contributed by atoms with E-state index in [-0.39, 0.29) is 19.1 Å². The van der Waals surface area contributed by atoms with Crippen LogP contribution in [0, 0.1) is 5.41 Å². The van der Waals surface area contributed by atoms with Crippen LogP contribution >= 0.6 is 0 Å². The number of esters is 1. The van der Waals surface area contributed by atoms with Crippen molar-refractivity contribution >= 4 is 24.0 Å². The van der Waals surface area contributed by atoms with Gasteiger partial charge in [0, 0.05) is 13.1 Å². The summed E-state index contributed by atoms with van der Waals surface area (Å²) in [5, 5.41) is 16.2. The molecule has 1 aromatic heterocycles. The number of hydrogen-bond acceptors (Lipinski definition) is 7. The molecule has 3 N–H and O–H groups in total. The Balaban J connectivity index is 1.37. The van der Waals surface area contributed by atoms with Gasteiger partial charge in [0.1, 0.15) is 29.6 Å². The monoisotopic (exact) mass is 517 g/mol. The summed E-state index contributed by atoms with van der Waals surface area (Å²) in [4.78, 5) is 35.0. The number of nitrogens with one attached hydrogen (secondary N) is 2. The molecule has 9 heteroatoms. The molecule has 2 atom stereocenters. The summed E-state index contributed by atoms with van der Waals surface area (Å²) < 4.78 is 7.53. The van der Waals surface area contributed by atoms with Crippen molar-refractivity contribution in [3.8, 4) is 0 Å². The summed E-state index contributed by atoms with van der Waals surface area (Å²) in [5.41, 5.74) is 1.23. The Morgan fingerprint density at radius 2 is 1.82 bits per heavy atom. The van der Waals surface area contributed by atoms with Crippen LogP contribution in [-0.2, 0) is 33.9 Å². The molecular weight excluding hydrogens is 482 g/mol. The highest BCUT2D eigenvalue weighted by molar-refractivity contribution is 6.02. The lowest BCUT2D eigenvalue weighted by Gasteiger charge is -2.26. The number of fused-ring (bicyclic) bond motifs is 1. The van der Waals surface area contributed by atoms with Crippen molar-refractivity contribution in [1.29, 1.82) is 0 Å². The molecule has 1 aliphatic heterocycles. The van der Waals surface area contributed by atoms with Crippen molar-refractivity contribution in [2.24, 2.45) is 10.4 Å². The first-order valence-electron chi connectivity index (χ1n) is 13.0. The van der Waals surface area contributed by atoms with E-state index in [1.54, 1.807) is 19.6 Å². The standard InChI is InChI=1S/C29H35N5O4/c1-29(28(37)38-19-23-12-6-3-7-13-23,27(36)31-16-14-22-10-4-2-5-11-22)15-8-9-17-34-21-33-25-24(35)18-30-20-32-26(25)34/h2-7,10-13,20-21,24,35H,8-9,14-19H2,1H3,(H,30,32)(H,31,36). The van der Waals surface area contributed by atoms with Gasteiger partial charge in [-0.05, 0) is 37.3 Å². The van der Waals surface area contributed by atoms with Gasteiger partial charge in [0.05, 0.1) is 19.2 Å². The molecule has 0 bridgehead atoms. The van der Waals surface area contributed by atoms with Gasteiger partial charge in [-0.25, -0.2) is 4.98 Å². The Bertz CT molecular complexity index is 1230. The fourth-order valence-electron chi connectivity index (χ4n) is 4.43. The van der Waals surface area contributed by atoms with Crippen LogP contribution in [0.25, 0.3) is 0 Å². The highest BCUT2D eigenvalue weighted by atomic mass is 16.5. The van der Waals surface area contributed by atoms with E-state index in [9.17, 15) is 14.7 Å². The average molecular weight is 518 g/mol. The first-order valence-corrected chi connectivity index (χ1v) is 13.0. The minimum absolute atomic E-state index is 0.114. The van der Waals surface area contributed by atoms with Gasteiger partial charge in [0.15, 0.2) is 0 Å². The Kier molecular flexibility index (Phi) is 9.26. The second kappa shape index (κ2) is 13.0. The number of amides is 1. The third kappa shape index (κ3) is 6.86. The molecular formula is C29H35N5O4. The molecule has 0 fully saturated rings. The molecule has 0 spiro atoms. The number of aliphatic hydroxyl groups is 1. The van der Waals surface area contributed by atoms with Gasteiger partial charge in [-0.3, -0.25) is 14.6 Å². The van der Waals surface area contributed by atoms with E-state index < -0.39 is 17.5 Å². The quantitative estimate of drug-likeness (QED) is 0.192. The Hall–Kier alpha value is -3.98. The van der Waals surface area contributed by atoms with Crippen LogP contribution in [0.1, 0.15) is 49.1 Å². The number of aromatic nitrogens is 2. The predicted octanol–water partition coefficient (Wildman–Crippen LogP) is 3.65. The van der Waals surface area contributed by atoms with Crippen molar-refractivity contribution in [1.82, 2.24) is 14.9 Å². The molecule has 38 heavy (non-hydrogen) atoms. The molecule has 200 valence electrons. The number of carbonyl (C=O) groups is 2. The Morgan fingerprint density at radius 3 is 2.55 bits per heavy atom. The zero-order valence-corrected chi connectivity index (χ0v) is 21.7. The largest absolute Gasteiger partial charge is 0.460 e. The predicted molar refractivity (Wildman–Crippen MR) is 146 cm³/mol. The zero-order chi connectivity index (χ0) is 26.8. The highest BCUT2D eigenvalue weighted by Gasteiger charge is 2.42. The number of hydrogen-bond donors (Lipinski definition) is 3. The molecule has 0 saturated carbocycles. The molecule has 0 saturated heterocycles. The summed E-state index contributed by atoms with van der Waals surface area (Å²) in [6.07, 6.45) is 4.83. The van der Waals surface area contributed by atoms with Crippen molar-refractivity contribution in [2.75, 3.05) is 18.4 Å². The molecule has 0 aliphatic carbocycles. The van der Waals surface area contributed by atoms with Gasteiger partial charge < -0.3 is 25.0 Å². The fourth-order valence-corrected chi connectivity index (χ4v) is 4.43. The van der Waals surface area contributed by atoms with E-state index in [0.29, 0.717) is 50.3 Å². The summed E-state index contributed by atoms with van der Waals surface area (Å²) in [7, 11) is 0. The number of aliphatic imine (C=N–C) groups is 1. The van der Waals surface area contributed by atoms with E-state index in [0.717, 1.165) is 11.1 Å². The molecule has 3 aromatic rings. The van der Waals surface area contributed by atoms with Gasteiger partial charge in [-0.1, -0.05) is 67.1 Å². The first kappa shape index (κ1) is 27.1. The number of anilines is 1. The molecule has 9 nitrogen and oxygen atoms in total. The highest BCUT2D eigenvalue weighted by Crippen LogP contribution is 2.29. The number of unbranched alkanes of at least 4 members (excludes halogenated alkanes) is 1.